The number of nitriles is 1. The van der Waals surface area contributed by atoms with Gasteiger partial charge in [0, 0.05) is 0 Å². The van der Waals surface area contributed by atoms with Gasteiger partial charge in [0.25, 0.3) is 0 Å². The molecule has 0 heterocycles. The third-order valence-corrected chi connectivity index (χ3v) is 2.74. The minimum atomic E-state index is -4.43. The fourth-order valence-electron chi connectivity index (χ4n) is 1.43. The maximum absolute atomic E-state index is 12.5. The summed E-state index contributed by atoms with van der Waals surface area (Å²) in [5, 5.41) is 10.6. The second kappa shape index (κ2) is 3.96. The summed E-state index contributed by atoms with van der Waals surface area (Å²) in [5.74, 6) is -2.15. The Morgan fingerprint density at radius 2 is 1.94 bits per heavy atom. The lowest BCUT2D eigenvalue weighted by molar-refractivity contribution is -0.171. The molecule has 0 radical (unpaired) electrons. The van der Waals surface area contributed by atoms with Gasteiger partial charge in [0.15, 0.2) is 0 Å². The number of carbonyl (C=O) groups excluding carboxylic acids is 1. The van der Waals surface area contributed by atoms with Crippen molar-refractivity contribution in [1.29, 1.82) is 5.26 Å². The first-order valence-electron chi connectivity index (χ1n) is 5.02. The zero-order chi connectivity index (χ0) is 12.6. The van der Waals surface area contributed by atoms with E-state index in [0.717, 1.165) is 0 Å². The van der Waals surface area contributed by atoms with E-state index in [0.29, 0.717) is 0 Å². The molecule has 6 heteroatoms. The van der Waals surface area contributed by atoms with Crippen LogP contribution in [0.25, 0.3) is 0 Å². The lowest BCUT2D eigenvalue weighted by atomic mass is 9.96. The number of nitrogens with zero attached hydrogens (tertiary/aromatic N) is 1. The first kappa shape index (κ1) is 12.8. The zero-order valence-electron chi connectivity index (χ0n) is 9.06. The molecule has 1 saturated carbocycles. The van der Waals surface area contributed by atoms with Crippen molar-refractivity contribution in [2.24, 2.45) is 11.8 Å². The molecule has 1 N–H and O–H groups in total. The molecular formula is C10H13F3N2O. The molecule has 16 heavy (non-hydrogen) atoms. The van der Waals surface area contributed by atoms with E-state index in [9.17, 15) is 18.0 Å². The molecule has 0 aliphatic heterocycles. The maximum Gasteiger partial charge on any atom is 0.411 e. The van der Waals surface area contributed by atoms with Crippen LogP contribution in [0.4, 0.5) is 13.2 Å². The van der Waals surface area contributed by atoms with Crippen LogP contribution in [0.2, 0.25) is 0 Å². The molecule has 1 aliphatic carbocycles. The van der Waals surface area contributed by atoms with E-state index in [2.05, 4.69) is 0 Å². The summed E-state index contributed by atoms with van der Waals surface area (Å²) >= 11 is 0. The monoisotopic (exact) mass is 234 g/mol. The van der Waals surface area contributed by atoms with Gasteiger partial charge in [-0.2, -0.15) is 18.4 Å². The van der Waals surface area contributed by atoms with Crippen molar-refractivity contribution < 1.29 is 18.0 Å². The molecule has 1 amide bonds. The van der Waals surface area contributed by atoms with Crippen molar-refractivity contribution in [3.63, 3.8) is 0 Å². The van der Waals surface area contributed by atoms with Gasteiger partial charge in [-0.05, 0) is 18.8 Å². The molecule has 1 atom stereocenters. The SMILES string of the molecule is CC(C)C(C#N)C(=O)NC1(C(F)(F)F)CC1. The quantitative estimate of drug-likeness (QED) is 0.811. The minimum absolute atomic E-state index is 0.0987. The third-order valence-electron chi connectivity index (χ3n) is 2.74. The number of hydrogen-bond donors (Lipinski definition) is 1. The van der Waals surface area contributed by atoms with Crippen LogP contribution in [-0.2, 0) is 4.79 Å². The third kappa shape index (κ3) is 2.29. The number of halogens is 3. The first-order valence-corrected chi connectivity index (χ1v) is 5.02. The van der Waals surface area contributed by atoms with Crippen LogP contribution in [0.5, 0.6) is 0 Å². The van der Waals surface area contributed by atoms with Crippen molar-refractivity contribution in [3.8, 4) is 6.07 Å². The van der Waals surface area contributed by atoms with Crippen LogP contribution >= 0.6 is 0 Å². The standard InChI is InChI=1S/C10H13F3N2O/c1-6(2)7(5-14)8(16)15-9(3-4-9)10(11,12)13/h6-7H,3-4H2,1-2H3,(H,15,16). The van der Waals surface area contributed by atoms with Crippen LogP contribution in [-0.4, -0.2) is 17.6 Å². The molecule has 0 bridgehead atoms. The lowest BCUT2D eigenvalue weighted by Crippen LogP contribution is -2.50. The predicted molar refractivity (Wildman–Crippen MR) is 50.1 cm³/mol. The van der Waals surface area contributed by atoms with Crippen LogP contribution < -0.4 is 5.32 Å². The highest BCUT2D eigenvalue weighted by atomic mass is 19.4. The van der Waals surface area contributed by atoms with Crippen LogP contribution in [0, 0.1) is 23.2 Å². The Bertz CT molecular complexity index is 326. The highest BCUT2D eigenvalue weighted by Crippen LogP contribution is 2.49. The van der Waals surface area contributed by atoms with Gasteiger partial charge in [0.2, 0.25) is 5.91 Å². The first-order chi connectivity index (χ1) is 7.23. The Kier molecular flexibility index (Phi) is 3.17. The van der Waals surface area contributed by atoms with Crippen molar-refractivity contribution >= 4 is 5.91 Å². The average molecular weight is 234 g/mol. The van der Waals surface area contributed by atoms with Gasteiger partial charge in [-0.25, -0.2) is 0 Å². The van der Waals surface area contributed by atoms with Crippen molar-refractivity contribution in [2.45, 2.75) is 38.4 Å². The van der Waals surface area contributed by atoms with E-state index >= 15 is 0 Å². The van der Waals surface area contributed by atoms with E-state index in [1.165, 1.54) is 0 Å². The van der Waals surface area contributed by atoms with Gasteiger partial charge in [-0.1, -0.05) is 13.8 Å². The minimum Gasteiger partial charge on any atom is -0.341 e. The largest absolute Gasteiger partial charge is 0.411 e. The van der Waals surface area contributed by atoms with Gasteiger partial charge >= 0.3 is 6.18 Å². The fourth-order valence-corrected chi connectivity index (χ4v) is 1.43. The van der Waals surface area contributed by atoms with Crippen molar-refractivity contribution in [2.75, 3.05) is 0 Å². The van der Waals surface area contributed by atoms with E-state index in [4.69, 9.17) is 5.26 Å². The van der Waals surface area contributed by atoms with E-state index < -0.39 is 23.5 Å². The van der Waals surface area contributed by atoms with Crippen molar-refractivity contribution in [1.82, 2.24) is 5.32 Å². The predicted octanol–water partition coefficient (Wildman–Crippen LogP) is 1.99. The number of hydrogen-bond acceptors (Lipinski definition) is 2. The number of amides is 1. The average Bonchev–Trinajstić information content (AvgIpc) is 2.84. The summed E-state index contributed by atoms with van der Waals surface area (Å²) in [6.45, 7) is 3.25. The van der Waals surface area contributed by atoms with Crippen LogP contribution in [0.1, 0.15) is 26.7 Å². The second-order valence-electron chi connectivity index (χ2n) is 4.42. The van der Waals surface area contributed by atoms with Gasteiger partial charge in [0.1, 0.15) is 11.5 Å². The summed E-state index contributed by atoms with van der Waals surface area (Å²) in [5.41, 5.74) is -2.08. The van der Waals surface area contributed by atoms with E-state index in [1.807, 2.05) is 5.32 Å². The Morgan fingerprint density at radius 3 is 2.19 bits per heavy atom. The molecule has 1 aliphatic rings. The van der Waals surface area contributed by atoms with Gasteiger partial charge in [-0.3, -0.25) is 4.79 Å². The van der Waals surface area contributed by atoms with Gasteiger partial charge in [0.05, 0.1) is 6.07 Å². The summed E-state index contributed by atoms with van der Waals surface area (Å²) in [7, 11) is 0. The Balaban J connectivity index is 2.69. The molecule has 3 nitrogen and oxygen atoms in total. The van der Waals surface area contributed by atoms with Crippen molar-refractivity contribution in [3.05, 3.63) is 0 Å². The summed E-state index contributed by atoms with van der Waals surface area (Å²) in [6.07, 6.45) is -4.63. The molecule has 0 aromatic carbocycles. The highest BCUT2D eigenvalue weighted by Gasteiger charge is 2.64. The van der Waals surface area contributed by atoms with E-state index in [1.54, 1.807) is 19.9 Å². The second-order valence-corrected chi connectivity index (χ2v) is 4.42. The molecule has 1 fully saturated rings. The molecule has 0 aromatic heterocycles. The topological polar surface area (TPSA) is 52.9 Å². The van der Waals surface area contributed by atoms with E-state index in [-0.39, 0.29) is 18.8 Å². The van der Waals surface area contributed by atoms with Gasteiger partial charge in [-0.15, -0.1) is 0 Å². The molecule has 0 aromatic rings. The normalized spacial score (nSPS) is 20.1. The summed E-state index contributed by atoms with van der Waals surface area (Å²) in [6, 6.07) is 1.72. The Morgan fingerprint density at radius 1 is 1.44 bits per heavy atom. The number of rotatable bonds is 3. The zero-order valence-corrected chi connectivity index (χ0v) is 9.06. The maximum atomic E-state index is 12.5. The van der Waals surface area contributed by atoms with Crippen LogP contribution in [0.15, 0.2) is 0 Å². The molecular weight excluding hydrogens is 221 g/mol. The number of alkyl halides is 3. The Labute approximate surface area is 91.6 Å². The molecule has 0 saturated heterocycles. The fraction of sp³-hybridized carbons (Fsp3) is 0.800. The lowest BCUT2D eigenvalue weighted by Gasteiger charge is -2.23. The molecule has 1 rings (SSSR count). The summed E-state index contributed by atoms with van der Waals surface area (Å²) < 4.78 is 37.6. The summed E-state index contributed by atoms with van der Waals surface area (Å²) in [4.78, 5) is 11.5. The number of carbonyl (C=O) groups is 1. The molecule has 90 valence electrons. The highest BCUT2D eigenvalue weighted by molar-refractivity contribution is 5.82. The smallest absolute Gasteiger partial charge is 0.341 e. The number of nitrogens with one attached hydrogen (secondary N) is 1. The Hall–Kier alpha value is -1.25. The molecule has 0 spiro atoms. The molecule has 1 unspecified atom stereocenters. The van der Waals surface area contributed by atoms with Gasteiger partial charge < -0.3 is 5.32 Å². The van der Waals surface area contributed by atoms with Crippen LogP contribution in [0.3, 0.4) is 0 Å².